The zero-order valence-corrected chi connectivity index (χ0v) is 15.3. The average molecular weight is 365 g/mol. The molecule has 2 fully saturated rings. The quantitative estimate of drug-likeness (QED) is 0.653. The molecule has 1 aromatic rings. The lowest BCUT2D eigenvalue weighted by molar-refractivity contribution is -0.156. The molecule has 1 N–H and O–H groups in total. The van der Waals surface area contributed by atoms with Gasteiger partial charge in [0.2, 0.25) is 11.8 Å². The second-order valence-electron chi connectivity index (χ2n) is 6.93. The molecule has 2 saturated heterocycles. The van der Waals surface area contributed by atoms with E-state index in [-0.39, 0.29) is 17.7 Å². The smallest absolute Gasteiger partial charge is 0.327 e. The molecule has 3 rings (SSSR count). The first-order chi connectivity index (χ1) is 11.8. The van der Waals surface area contributed by atoms with Crippen molar-refractivity contribution < 1.29 is 19.1 Å². The molecule has 2 heterocycles. The van der Waals surface area contributed by atoms with E-state index in [4.69, 9.17) is 16.3 Å². The van der Waals surface area contributed by atoms with Gasteiger partial charge in [-0.3, -0.25) is 24.6 Å². The first-order valence-corrected chi connectivity index (χ1v) is 8.56. The third-order valence-electron chi connectivity index (χ3n) is 5.48. The molecular weight excluding hydrogens is 344 g/mol. The highest BCUT2D eigenvalue weighted by Crippen LogP contribution is 2.51. The number of amides is 2. The first-order valence-electron chi connectivity index (χ1n) is 8.18. The molecule has 0 aliphatic carbocycles. The number of rotatable bonds is 3. The molecule has 134 valence electrons. The van der Waals surface area contributed by atoms with Gasteiger partial charge in [-0.05, 0) is 23.6 Å². The largest absolute Gasteiger partial charge is 0.468 e. The lowest BCUT2D eigenvalue weighted by Gasteiger charge is -2.35. The molecule has 2 amide bonds. The molecule has 0 bridgehead atoms. The predicted octanol–water partition coefficient (Wildman–Crippen LogP) is 1.78. The van der Waals surface area contributed by atoms with Crippen LogP contribution in [0.5, 0.6) is 0 Å². The van der Waals surface area contributed by atoms with Crippen LogP contribution >= 0.6 is 11.6 Å². The van der Waals surface area contributed by atoms with Crippen LogP contribution in [0.4, 0.5) is 0 Å². The maximum atomic E-state index is 12.8. The van der Waals surface area contributed by atoms with Crippen molar-refractivity contribution in [2.24, 2.45) is 17.8 Å². The molecule has 6 nitrogen and oxygen atoms in total. The minimum absolute atomic E-state index is 0.243. The van der Waals surface area contributed by atoms with Crippen LogP contribution in [0.1, 0.15) is 25.5 Å². The zero-order chi connectivity index (χ0) is 18.5. The van der Waals surface area contributed by atoms with Crippen LogP contribution < -0.4 is 5.32 Å². The molecule has 25 heavy (non-hydrogen) atoms. The number of imide groups is 1. The molecule has 1 aromatic carbocycles. The fraction of sp³-hybridized carbons (Fsp3) is 0.500. The number of fused-ring (bicyclic) bond motifs is 1. The highest BCUT2D eigenvalue weighted by atomic mass is 35.5. The fourth-order valence-corrected chi connectivity index (χ4v) is 4.29. The molecule has 2 aliphatic heterocycles. The van der Waals surface area contributed by atoms with E-state index in [1.165, 1.54) is 14.2 Å². The summed E-state index contributed by atoms with van der Waals surface area (Å²) in [4.78, 5) is 39.4. The second-order valence-corrected chi connectivity index (χ2v) is 7.36. The Kier molecular flexibility index (Phi) is 4.37. The summed E-state index contributed by atoms with van der Waals surface area (Å²) in [5, 5.41) is 3.86. The number of esters is 1. The number of halogens is 1. The van der Waals surface area contributed by atoms with Crippen LogP contribution in [-0.4, -0.2) is 42.4 Å². The molecule has 2 aliphatic rings. The summed E-state index contributed by atoms with van der Waals surface area (Å²) < 4.78 is 5.02. The van der Waals surface area contributed by atoms with Gasteiger partial charge in [0, 0.05) is 18.1 Å². The van der Waals surface area contributed by atoms with E-state index in [9.17, 15) is 14.4 Å². The first kappa shape index (κ1) is 17.9. The van der Waals surface area contributed by atoms with Gasteiger partial charge in [0.25, 0.3) is 0 Å². The summed E-state index contributed by atoms with van der Waals surface area (Å²) >= 11 is 5.96. The topological polar surface area (TPSA) is 75.7 Å². The molecular formula is C18H21ClN2O4. The highest BCUT2D eigenvalue weighted by molar-refractivity contribution is 6.30. The summed E-state index contributed by atoms with van der Waals surface area (Å²) in [6, 6.07) is 6.60. The van der Waals surface area contributed by atoms with E-state index >= 15 is 0 Å². The van der Waals surface area contributed by atoms with Crippen LogP contribution in [0.15, 0.2) is 24.3 Å². The van der Waals surface area contributed by atoms with Gasteiger partial charge in [-0.25, -0.2) is 0 Å². The Hall–Kier alpha value is -1.92. The second kappa shape index (κ2) is 6.11. The number of hydrogen-bond acceptors (Lipinski definition) is 5. The van der Waals surface area contributed by atoms with Gasteiger partial charge < -0.3 is 4.74 Å². The van der Waals surface area contributed by atoms with Crippen molar-refractivity contribution in [3.63, 3.8) is 0 Å². The van der Waals surface area contributed by atoms with Gasteiger partial charge in [-0.2, -0.15) is 0 Å². The minimum atomic E-state index is -1.25. The Morgan fingerprint density at radius 2 is 1.84 bits per heavy atom. The highest BCUT2D eigenvalue weighted by Gasteiger charge is 2.69. The standard InChI is InChI=1S/C18H21ClN2O4/c1-9(2)18(17(24)25-4)13-12(15(22)21(3)16(13)23)14(20-18)10-5-7-11(19)8-6-10/h5-9,12-14,20H,1-4H3/t12-,13-,14-,18-/m0/s1. The Morgan fingerprint density at radius 1 is 1.24 bits per heavy atom. The van der Waals surface area contributed by atoms with E-state index < -0.39 is 29.4 Å². The average Bonchev–Trinajstić information content (AvgIpc) is 3.06. The molecule has 0 spiro atoms. The van der Waals surface area contributed by atoms with Crippen molar-refractivity contribution in [2.45, 2.75) is 25.4 Å². The van der Waals surface area contributed by atoms with Crippen LogP contribution in [-0.2, 0) is 19.1 Å². The molecule has 0 aromatic heterocycles. The Morgan fingerprint density at radius 3 is 2.36 bits per heavy atom. The maximum absolute atomic E-state index is 12.8. The van der Waals surface area contributed by atoms with Crippen molar-refractivity contribution in [3.05, 3.63) is 34.9 Å². The molecule has 0 saturated carbocycles. The maximum Gasteiger partial charge on any atom is 0.327 e. The van der Waals surface area contributed by atoms with E-state index in [2.05, 4.69) is 5.32 Å². The third kappa shape index (κ3) is 2.39. The van der Waals surface area contributed by atoms with Crippen LogP contribution in [0.3, 0.4) is 0 Å². The van der Waals surface area contributed by atoms with Gasteiger partial charge >= 0.3 is 5.97 Å². The normalized spacial score (nSPS) is 31.6. The number of hydrogen-bond donors (Lipinski definition) is 1. The van der Waals surface area contributed by atoms with Crippen LogP contribution in [0, 0.1) is 17.8 Å². The number of benzene rings is 1. The van der Waals surface area contributed by atoms with Gasteiger partial charge in [0.15, 0.2) is 0 Å². The SMILES string of the molecule is COC(=O)[C@@]1(C(C)C)N[C@@H](c2ccc(Cl)cc2)[C@H]2C(=O)N(C)C(=O)[C@H]21. The number of carbonyl (C=O) groups excluding carboxylic acids is 3. The van der Waals surface area contributed by atoms with Crippen molar-refractivity contribution in [1.82, 2.24) is 10.2 Å². The number of methoxy groups -OCH3 is 1. The van der Waals surface area contributed by atoms with Crippen LogP contribution in [0.25, 0.3) is 0 Å². The zero-order valence-electron chi connectivity index (χ0n) is 14.6. The predicted molar refractivity (Wildman–Crippen MR) is 91.7 cm³/mol. The lowest BCUT2D eigenvalue weighted by atomic mass is 9.73. The summed E-state index contributed by atoms with van der Waals surface area (Å²) in [6.07, 6.45) is 0. The van der Waals surface area contributed by atoms with E-state index in [1.807, 2.05) is 13.8 Å². The lowest BCUT2D eigenvalue weighted by Crippen LogP contribution is -2.59. The van der Waals surface area contributed by atoms with Gasteiger partial charge in [0.1, 0.15) is 5.54 Å². The van der Waals surface area contributed by atoms with Crippen molar-refractivity contribution in [1.29, 1.82) is 0 Å². The number of nitrogens with one attached hydrogen (secondary N) is 1. The van der Waals surface area contributed by atoms with Gasteiger partial charge in [-0.15, -0.1) is 0 Å². The Labute approximate surface area is 151 Å². The van der Waals surface area contributed by atoms with Crippen molar-refractivity contribution in [2.75, 3.05) is 14.2 Å². The summed E-state index contributed by atoms with van der Waals surface area (Å²) in [5.41, 5.74) is -0.441. The molecule has 0 unspecified atom stereocenters. The Bertz CT molecular complexity index is 733. The monoisotopic (exact) mass is 364 g/mol. The minimum Gasteiger partial charge on any atom is -0.468 e. The Balaban J connectivity index is 2.17. The number of carbonyl (C=O) groups is 3. The molecule has 7 heteroatoms. The van der Waals surface area contributed by atoms with Crippen LogP contribution in [0.2, 0.25) is 5.02 Å². The number of ether oxygens (including phenoxy) is 1. The number of likely N-dealkylation sites (tertiary alicyclic amines) is 1. The fourth-order valence-electron chi connectivity index (χ4n) is 4.16. The molecule has 0 radical (unpaired) electrons. The number of nitrogens with zero attached hydrogens (tertiary/aromatic N) is 1. The third-order valence-corrected chi connectivity index (χ3v) is 5.73. The summed E-state index contributed by atoms with van der Waals surface area (Å²) in [6.45, 7) is 3.70. The van der Waals surface area contributed by atoms with E-state index in [0.29, 0.717) is 5.02 Å². The molecule has 4 atom stereocenters. The summed E-state index contributed by atoms with van der Waals surface area (Å²) in [5.74, 6) is -2.84. The summed E-state index contributed by atoms with van der Waals surface area (Å²) in [7, 11) is 2.76. The van der Waals surface area contributed by atoms with Crippen molar-refractivity contribution >= 4 is 29.4 Å². The van der Waals surface area contributed by atoms with Crippen molar-refractivity contribution in [3.8, 4) is 0 Å². The van der Waals surface area contributed by atoms with Gasteiger partial charge in [-0.1, -0.05) is 37.6 Å². The van der Waals surface area contributed by atoms with E-state index in [0.717, 1.165) is 10.5 Å². The van der Waals surface area contributed by atoms with E-state index in [1.54, 1.807) is 24.3 Å². The van der Waals surface area contributed by atoms with Gasteiger partial charge in [0.05, 0.1) is 18.9 Å².